The van der Waals surface area contributed by atoms with Crippen molar-refractivity contribution in [1.82, 2.24) is 24.9 Å². The predicted octanol–water partition coefficient (Wildman–Crippen LogP) is 4.66. The molecule has 3 N–H and O–H groups in total. The molecule has 2 aliphatic rings. The van der Waals surface area contributed by atoms with Gasteiger partial charge in [0.2, 0.25) is 5.95 Å². The van der Waals surface area contributed by atoms with E-state index < -0.39 is 11.7 Å². The number of halogens is 1. The predicted molar refractivity (Wildman–Crippen MR) is 132 cm³/mol. The van der Waals surface area contributed by atoms with Gasteiger partial charge >= 0.3 is 0 Å². The van der Waals surface area contributed by atoms with E-state index in [2.05, 4.69) is 35.6 Å². The highest BCUT2D eigenvalue weighted by Gasteiger charge is 2.27. The Morgan fingerprint density at radius 3 is 2.67 bits per heavy atom. The number of anilines is 3. The fourth-order valence-corrected chi connectivity index (χ4v) is 4.62. The molecule has 0 bridgehead atoms. The summed E-state index contributed by atoms with van der Waals surface area (Å²) in [5.74, 6) is -0.137. The molecule has 9 nitrogen and oxygen atoms in total. The third-order valence-electron chi connectivity index (χ3n) is 6.73. The minimum Gasteiger partial charge on any atom is -0.360 e. The zero-order valence-corrected chi connectivity index (χ0v) is 19.4. The Labute approximate surface area is 206 Å². The van der Waals surface area contributed by atoms with Gasteiger partial charge in [-0.2, -0.15) is 4.39 Å². The summed E-state index contributed by atoms with van der Waals surface area (Å²) in [5, 5.41) is 6.62. The Kier molecular flexibility index (Phi) is 5.63. The van der Waals surface area contributed by atoms with Gasteiger partial charge in [0, 0.05) is 24.2 Å². The van der Waals surface area contributed by atoms with Crippen molar-refractivity contribution in [3.63, 3.8) is 0 Å². The van der Waals surface area contributed by atoms with Gasteiger partial charge in [-0.05, 0) is 49.9 Å². The largest absolute Gasteiger partial charge is 0.360 e. The summed E-state index contributed by atoms with van der Waals surface area (Å²) in [5.41, 5.74) is 2.20. The highest BCUT2D eigenvalue weighted by atomic mass is 19.1. The first-order valence-electron chi connectivity index (χ1n) is 12.1. The number of Topliss-reactive ketones (excluding diaryl/α,β-unsaturated/α-hetero) is 1. The molecule has 2 saturated carbocycles. The van der Waals surface area contributed by atoms with Crippen molar-refractivity contribution in [2.24, 2.45) is 0 Å². The van der Waals surface area contributed by atoms with Crippen LogP contribution in [0.2, 0.25) is 0 Å². The van der Waals surface area contributed by atoms with Crippen LogP contribution in [-0.2, 0) is 4.79 Å². The van der Waals surface area contributed by atoms with E-state index in [4.69, 9.17) is 0 Å². The molecule has 10 heteroatoms. The Hall–Kier alpha value is -4.21. The van der Waals surface area contributed by atoms with Gasteiger partial charge in [-0.15, -0.1) is 0 Å². The summed E-state index contributed by atoms with van der Waals surface area (Å²) in [6, 6.07) is 6.43. The van der Waals surface area contributed by atoms with E-state index in [1.54, 1.807) is 12.3 Å². The Morgan fingerprint density at radius 1 is 1.03 bits per heavy atom. The zero-order chi connectivity index (χ0) is 24.6. The standard InChI is InChI=1S/C26H24FN7O2/c27-24-16(8-10-21(34-24)32-15-7-9-18(28-11-15)14-5-6-14)23(36)17-12-29-25-22(17)26(31-13-30-25)33-19-3-1-2-4-20(19)35/h7-14,19H,1-6H2,(H,32,34)(H2,29,30,31,33). The molecule has 1 atom stereocenters. The minimum atomic E-state index is -0.893. The second kappa shape index (κ2) is 9.10. The molecule has 4 heterocycles. The van der Waals surface area contributed by atoms with Crippen LogP contribution < -0.4 is 10.6 Å². The zero-order valence-electron chi connectivity index (χ0n) is 19.4. The van der Waals surface area contributed by atoms with E-state index in [-0.39, 0.29) is 28.8 Å². The number of pyridine rings is 2. The summed E-state index contributed by atoms with van der Waals surface area (Å²) in [6.45, 7) is 0. The van der Waals surface area contributed by atoms with Crippen molar-refractivity contribution >= 4 is 39.9 Å². The topological polar surface area (TPSA) is 126 Å². The van der Waals surface area contributed by atoms with Crippen LogP contribution in [0.3, 0.4) is 0 Å². The average Bonchev–Trinajstić information content (AvgIpc) is 3.64. The maximum atomic E-state index is 15.0. The van der Waals surface area contributed by atoms with Crippen LogP contribution in [0, 0.1) is 5.95 Å². The van der Waals surface area contributed by atoms with Gasteiger partial charge in [0.15, 0.2) is 11.6 Å². The molecule has 4 aromatic rings. The lowest BCUT2D eigenvalue weighted by molar-refractivity contribution is -0.121. The molecular formula is C26H24FN7O2. The molecule has 0 amide bonds. The number of carbonyl (C=O) groups excluding carboxylic acids is 2. The molecule has 182 valence electrons. The van der Waals surface area contributed by atoms with Crippen LogP contribution in [0.4, 0.5) is 21.7 Å². The number of hydrogen-bond donors (Lipinski definition) is 3. The van der Waals surface area contributed by atoms with Crippen molar-refractivity contribution in [1.29, 1.82) is 0 Å². The van der Waals surface area contributed by atoms with Crippen molar-refractivity contribution in [3.05, 3.63) is 65.8 Å². The van der Waals surface area contributed by atoms with Gasteiger partial charge < -0.3 is 15.6 Å². The van der Waals surface area contributed by atoms with Crippen LogP contribution in [0.1, 0.15) is 66.1 Å². The maximum Gasteiger partial charge on any atom is 0.226 e. The summed E-state index contributed by atoms with van der Waals surface area (Å²) in [6.07, 6.45) is 9.90. The molecule has 6 rings (SSSR count). The third-order valence-corrected chi connectivity index (χ3v) is 6.73. The minimum absolute atomic E-state index is 0.118. The number of nitrogens with zero attached hydrogens (tertiary/aromatic N) is 4. The van der Waals surface area contributed by atoms with Crippen LogP contribution in [-0.4, -0.2) is 42.5 Å². The van der Waals surface area contributed by atoms with Gasteiger partial charge in [0.25, 0.3) is 0 Å². The maximum absolute atomic E-state index is 15.0. The first kappa shape index (κ1) is 22.3. The van der Waals surface area contributed by atoms with Crippen LogP contribution in [0.15, 0.2) is 43.0 Å². The average molecular weight is 486 g/mol. The van der Waals surface area contributed by atoms with Crippen molar-refractivity contribution in [2.45, 2.75) is 50.5 Å². The van der Waals surface area contributed by atoms with E-state index in [1.807, 2.05) is 12.1 Å². The first-order valence-corrected chi connectivity index (χ1v) is 12.1. The number of nitrogens with one attached hydrogen (secondary N) is 3. The molecule has 4 aromatic heterocycles. The fourth-order valence-electron chi connectivity index (χ4n) is 4.62. The second-order valence-corrected chi connectivity index (χ2v) is 9.29. The molecule has 36 heavy (non-hydrogen) atoms. The summed E-state index contributed by atoms with van der Waals surface area (Å²) >= 11 is 0. The number of H-pyrrole nitrogens is 1. The molecular weight excluding hydrogens is 461 g/mol. The summed E-state index contributed by atoms with van der Waals surface area (Å²) in [7, 11) is 0. The van der Waals surface area contributed by atoms with E-state index in [9.17, 15) is 9.59 Å². The second-order valence-electron chi connectivity index (χ2n) is 9.29. The van der Waals surface area contributed by atoms with Crippen LogP contribution in [0.5, 0.6) is 0 Å². The summed E-state index contributed by atoms with van der Waals surface area (Å²) in [4.78, 5) is 45.5. The number of fused-ring (bicyclic) bond motifs is 1. The first-order chi connectivity index (χ1) is 17.6. The molecule has 0 aliphatic heterocycles. The van der Waals surface area contributed by atoms with Crippen LogP contribution >= 0.6 is 0 Å². The highest BCUT2D eigenvalue weighted by Crippen LogP contribution is 2.39. The Bertz CT molecular complexity index is 1460. The fraction of sp³-hybridized carbons (Fsp3) is 0.308. The highest BCUT2D eigenvalue weighted by molar-refractivity contribution is 6.18. The molecule has 0 saturated heterocycles. The number of carbonyl (C=O) groups is 2. The van der Waals surface area contributed by atoms with E-state index in [0.717, 1.165) is 18.5 Å². The molecule has 0 aromatic carbocycles. The lowest BCUT2D eigenvalue weighted by atomic mass is 9.94. The molecule has 2 aliphatic carbocycles. The molecule has 1 unspecified atom stereocenters. The number of hydrogen-bond acceptors (Lipinski definition) is 8. The number of aromatic amines is 1. The lowest BCUT2D eigenvalue weighted by Gasteiger charge is -2.22. The van der Waals surface area contributed by atoms with E-state index in [0.29, 0.717) is 41.3 Å². The molecule has 0 spiro atoms. The van der Waals surface area contributed by atoms with E-state index >= 15 is 4.39 Å². The van der Waals surface area contributed by atoms with Crippen molar-refractivity contribution in [2.75, 3.05) is 10.6 Å². The SMILES string of the molecule is O=C(c1ccc(Nc2ccc(C3CC3)nc2)nc1F)c1c[nH]c2ncnc(NC3CCCCC3=O)c12. The quantitative estimate of drug-likeness (QED) is 0.255. The van der Waals surface area contributed by atoms with Gasteiger partial charge in [-0.1, -0.05) is 6.42 Å². The normalized spacial score (nSPS) is 17.8. The van der Waals surface area contributed by atoms with E-state index in [1.165, 1.54) is 31.4 Å². The smallest absolute Gasteiger partial charge is 0.226 e. The third kappa shape index (κ3) is 4.30. The number of aromatic nitrogens is 5. The summed E-state index contributed by atoms with van der Waals surface area (Å²) < 4.78 is 15.0. The van der Waals surface area contributed by atoms with Gasteiger partial charge in [0.1, 0.15) is 23.6 Å². The number of rotatable bonds is 7. The number of ketones is 2. The van der Waals surface area contributed by atoms with Crippen molar-refractivity contribution < 1.29 is 14.0 Å². The van der Waals surface area contributed by atoms with Crippen molar-refractivity contribution in [3.8, 4) is 0 Å². The molecule has 0 radical (unpaired) electrons. The Morgan fingerprint density at radius 2 is 1.92 bits per heavy atom. The van der Waals surface area contributed by atoms with Gasteiger partial charge in [-0.3, -0.25) is 14.6 Å². The molecule has 2 fully saturated rings. The Balaban J connectivity index is 1.25. The van der Waals surface area contributed by atoms with Gasteiger partial charge in [-0.25, -0.2) is 15.0 Å². The lowest BCUT2D eigenvalue weighted by Crippen LogP contribution is -2.32. The monoisotopic (exact) mass is 485 g/mol. The van der Waals surface area contributed by atoms with Crippen LogP contribution in [0.25, 0.3) is 11.0 Å². The van der Waals surface area contributed by atoms with Gasteiger partial charge in [0.05, 0.1) is 34.4 Å².